The third kappa shape index (κ3) is 2.31. The van der Waals surface area contributed by atoms with Crippen molar-refractivity contribution in [2.75, 3.05) is 18.9 Å². The predicted octanol–water partition coefficient (Wildman–Crippen LogP) is 2.48. The second-order valence-electron chi connectivity index (χ2n) is 2.90. The zero-order valence-corrected chi connectivity index (χ0v) is 8.46. The molecule has 1 aromatic carbocycles. The average molecular weight is 176 g/mol. The van der Waals surface area contributed by atoms with E-state index in [0.717, 1.165) is 6.54 Å². The number of nitrogens with one attached hydrogen (secondary N) is 1. The van der Waals surface area contributed by atoms with Gasteiger partial charge < -0.3 is 5.32 Å². The number of rotatable bonds is 3. The summed E-state index contributed by atoms with van der Waals surface area (Å²) in [6.45, 7) is 4.97. The Kier molecular flexibility index (Phi) is 3.50. The summed E-state index contributed by atoms with van der Waals surface area (Å²) in [6, 6.07) is 6.18. The molecule has 0 unspecified atom stereocenters. The SMILES string of the molecule is CC/N=C\c1cccc(NC)c1C. The summed E-state index contributed by atoms with van der Waals surface area (Å²) < 4.78 is 0. The lowest BCUT2D eigenvalue weighted by Gasteiger charge is -2.06. The Morgan fingerprint density at radius 3 is 2.85 bits per heavy atom. The third-order valence-corrected chi connectivity index (χ3v) is 2.06. The van der Waals surface area contributed by atoms with E-state index in [-0.39, 0.29) is 0 Å². The van der Waals surface area contributed by atoms with Crippen LogP contribution < -0.4 is 5.32 Å². The summed E-state index contributed by atoms with van der Waals surface area (Å²) >= 11 is 0. The highest BCUT2D eigenvalue weighted by Crippen LogP contribution is 2.16. The van der Waals surface area contributed by atoms with Crippen molar-refractivity contribution in [1.29, 1.82) is 0 Å². The Labute approximate surface area is 79.7 Å². The van der Waals surface area contributed by atoms with E-state index in [0.29, 0.717) is 0 Å². The fraction of sp³-hybridized carbons (Fsp3) is 0.364. The summed E-state index contributed by atoms with van der Waals surface area (Å²) in [5.41, 5.74) is 3.61. The topological polar surface area (TPSA) is 24.4 Å². The number of aliphatic imine (C=N–C) groups is 1. The number of hydrogen-bond acceptors (Lipinski definition) is 2. The van der Waals surface area contributed by atoms with Gasteiger partial charge in [-0.15, -0.1) is 0 Å². The molecule has 0 amide bonds. The second-order valence-corrected chi connectivity index (χ2v) is 2.90. The van der Waals surface area contributed by atoms with Gasteiger partial charge in [0.2, 0.25) is 0 Å². The van der Waals surface area contributed by atoms with E-state index in [1.807, 2.05) is 26.3 Å². The van der Waals surface area contributed by atoms with Gasteiger partial charge in [0.25, 0.3) is 0 Å². The highest BCUT2D eigenvalue weighted by Gasteiger charge is 1.98. The maximum Gasteiger partial charge on any atom is 0.0373 e. The Hall–Kier alpha value is -1.31. The molecule has 2 nitrogen and oxygen atoms in total. The van der Waals surface area contributed by atoms with Gasteiger partial charge in [0.05, 0.1) is 0 Å². The molecular formula is C11H16N2. The fourth-order valence-electron chi connectivity index (χ4n) is 1.25. The lowest BCUT2D eigenvalue weighted by Crippen LogP contribution is -1.95. The van der Waals surface area contributed by atoms with Gasteiger partial charge in [0.15, 0.2) is 0 Å². The van der Waals surface area contributed by atoms with Crippen LogP contribution in [-0.2, 0) is 0 Å². The van der Waals surface area contributed by atoms with Gasteiger partial charge in [-0.05, 0) is 31.0 Å². The van der Waals surface area contributed by atoms with Crippen LogP contribution in [0.5, 0.6) is 0 Å². The summed E-state index contributed by atoms with van der Waals surface area (Å²) in [4.78, 5) is 4.23. The van der Waals surface area contributed by atoms with Crippen molar-refractivity contribution in [3.63, 3.8) is 0 Å². The quantitative estimate of drug-likeness (QED) is 0.703. The monoisotopic (exact) mass is 176 g/mol. The Morgan fingerprint density at radius 1 is 1.46 bits per heavy atom. The molecule has 70 valence electrons. The molecular weight excluding hydrogens is 160 g/mol. The van der Waals surface area contributed by atoms with Crippen LogP contribution in [0.1, 0.15) is 18.1 Å². The van der Waals surface area contributed by atoms with Crippen LogP contribution >= 0.6 is 0 Å². The van der Waals surface area contributed by atoms with Crippen LogP contribution in [0.2, 0.25) is 0 Å². The van der Waals surface area contributed by atoms with E-state index in [4.69, 9.17) is 0 Å². The average Bonchev–Trinajstić information content (AvgIpc) is 2.16. The molecule has 0 aliphatic rings. The Morgan fingerprint density at radius 2 is 2.23 bits per heavy atom. The first-order chi connectivity index (χ1) is 6.29. The van der Waals surface area contributed by atoms with Gasteiger partial charge >= 0.3 is 0 Å². The lowest BCUT2D eigenvalue weighted by molar-refractivity contribution is 1.14. The van der Waals surface area contributed by atoms with Crippen molar-refractivity contribution in [2.45, 2.75) is 13.8 Å². The molecule has 0 atom stereocenters. The predicted molar refractivity (Wildman–Crippen MR) is 58.9 cm³/mol. The fourth-order valence-corrected chi connectivity index (χ4v) is 1.25. The molecule has 1 N–H and O–H groups in total. The summed E-state index contributed by atoms with van der Waals surface area (Å²) in [7, 11) is 1.93. The largest absolute Gasteiger partial charge is 0.388 e. The molecule has 0 aliphatic carbocycles. The number of benzene rings is 1. The van der Waals surface area contributed by atoms with E-state index in [1.165, 1.54) is 16.8 Å². The van der Waals surface area contributed by atoms with Crippen LogP contribution in [0.15, 0.2) is 23.2 Å². The molecule has 1 aromatic rings. The maximum atomic E-state index is 4.23. The number of hydrogen-bond donors (Lipinski definition) is 1. The molecule has 0 aliphatic heterocycles. The van der Waals surface area contributed by atoms with Crippen molar-refractivity contribution in [1.82, 2.24) is 0 Å². The molecule has 0 spiro atoms. The normalized spacial score (nSPS) is 10.7. The zero-order chi connectivity index (χ0) is 9.68. The highest BCUT2D eigenvalue weighted by molar-refractivity contribution is 5.84. The molecule has 0 bridgehead atoms. The molecule has 2 heteroatoms. The number of nitrogens with zero attached hydrogens (tertiary/aromatic N) is 1. The van der Waals surface area contributed by atoms with Gasteiger partial charge in [-0.25, -0.2) is 0 Å². The van der Waals surface area contributed by atoms with Crippen LogP contribution in [0.25, 0.3) is 0 Å². The molecule has 0 saturated carbocycles. The van der Waals surface area contributed by atoms with Crippen molar-refractivity contribution < 1.29 is 0 Å². The van der Waals surface area contributed by atoms with Crippen molar-refractivity contribution >= 4 is 11.9 Å². The minimum absolute atomic E-state index is 0.837. The van der Waals surface area contributed by atoms with Crippen LogP contribution in [-0.4, -0.2) is 19.8 Å². The molecule has 13 heavy (non-hydrogen) atoms. The molecule has 1 rings (SSSR count). The third-order valence-electron chi connectivity index (χ3n) is 2.06. The number of anilines is 1. The minimum Gasteiger partial charge on any atom is -0.388 e. The summed E-state index contributed by atoms with van der Waals surface area (Å²) in [5, 5.41) is 3.15. The van der Waals surface area contributed by atoms with Gasteiger partial charge in [-0.3, -0.25) is 4.99 Å². The van der Waals surface area contributed by atoms with Gasteiger partial charge in [0.1, 0.15) is 0 Å². The highest BCUT2D eigenvalue weighted by atomic mass is 14.8. The van der Waals surface area contributed by atoms with E-state index < -0.39 is 0 Å². The van der Waals surface area contributed by atoms with Crippen LogP contribution in [0, 0.1) is 6.92 Å². The molecule has 0 saturated heterocycles. The van der Waals surface area contributed by atoms with E-state index >= 15 is 0 Å². The van der Waals surface area contributed by atoms with E-state index in [1.54, 1.807) is 0 Å². The molecule has 0 aromatic heterocycles. The van der Waals surface area contributed by atoms with Crippen molar-refractivity contribution in [3.8, 4) is 0 Å². The Balaban J connectivity index is 3.01. The summed E-state index contributed by atoms with van der Waals surface area (Å²) in [5.74, 6) is 0. The smallest absolute Gasteiger partial charge is 0.0373 e. The first kappa shape index (κ1) is 9.78. The molecule has 0 radical (unpaired) electrons. The van der Waals surface area contributed by atoms with Gasteiger partial charge in [-0.1, -0.05) is 12.1 Å². The zero-order valence-electron chi connectivity index (χ0n) is 8.46. The molecule has 0 fully saturated rings. The van der Waals surface area contributed by atoms with E-state index in [9.17, 15) is 0 Å². The Bertz CT molecular complexity index is 303. The minimum atomic E-state index is 0.837. The van der Waals surface area contributed by atoms with Crippen molar-refractivity contribution in [3.05, 3.63) is 29.3 Å². The van der Waals surface area contributed by atoms with Gasteiger partial charge in [0, 0.05) is 25.5 Å². The second kappa shape index (κ2) is 4.65. The van der Waals surface area contributed by atoms with E-state index in [2.05, 4.69) is 29.4 Å². The lowest BCUT2D eigenvalue weighted by atomic mass is 10.1. The van der Waals surface area contributed by atoms with Crippen molar-refractivity contribution in [2.24, 2.45) is 4.99 Å². The maximum absolute atomic E-state index is 4.23. The first-order valence-electron chi connectivity index (χ1n) is 4.56. The van der Waals surface area contributed by atoms with Gasteiger partial charge in [-0.2, -0.15) is 0 Å². The van der Waals surface area contributed by atoms with Crippen LogP contribution in [0.4, 0.5) is 5.69 Å². The molecule has 0 heterocycles. The summed E-state index contributed by atoms with van der Waals surface area (Å²) in [6.07, 6.45) is 1.93. The van der Waals surface area contributed by atoms with Crippen LogP contribution in [0.3, 0.4) is 0 Å². The standard InChI is InChI=1S/C11H16N2/c1-4-13-8-10-6-5-7-11(12-3)9(10)2/h5-8,12H,4H2,1-3H3/b13-8-. The first-order valence-corrected chi connectivity index (χ1v) is 4.56.